The van der Waals surface area contributed by atoms with E-state index in [4.69, 9.17) is 16.3 Å². The molecule has 0 aliphatic carbocycles. The molecule has 110 valence electrons. The number of benzene rings is 2. The maximum Gasteiger partial charge on any atom is 0.185 e. The average molecular weight is 325 g/mol. The Hall–Kier alpha value is -1.85. The fourth-order valence-corrected chi connectivity index (χ4v) is 3.32. The minimum Gasteiger partial charge on any atom is -0.497 e. The zero-order valence-corrected chi connectivity index (χ0v) is 12.8. The summed E-state index contributed by atoms with van der Waals surface area (Å²) in [7, 11) is -2.25. The molecule has 0 amide bonds. The van der Waals surface area contributed by atoms with Crippen molar-refractivity contribution < 1.29 is 17.9 Å². The molecule has 0 unspecified atom stereocenters. The summed E-state index contributed by atoms with van der Waals surface area (Å²) < 4.78 is 29.4. The quantitative estimate of drug-likeness (QED) is 0.793. The van der Waals surface area contributed by atoms with Crippen molar-refractivity contribution >= 4 is 27.2 Å². The van der Waals surface area contributed by atoms with Crippen molar-refractivity contribution in [2.24, 2.45) is 0 Å². The van der Waals surface area contributed by atoms with Gasteiger partial charge in [-0.25, -0.2) is 8.42 Å². The molecule has 0 aliphatic rings. The highest BCUT2D eigenvalue weighted by Crippen LogP contribution is 2.19. The van der Waals surface area contributed by atoms with E-state index in [9.17, 15) is 13.2 Å². The van der Waals surface area contributed by atoms with E-state index in [1.54, 1.807) is 24.3 Å². The highest BCUT2D eigenvalue weighted by Gasteiger charge is 2.20. The van der Waals surface area contributed by atoms with E-state index >= 15 is 0 Å². The van der Waals surface area contributed by atoms with Gasteiger partial charge in [0.05, 0.1) is 12.0 Å². The number of hydrogen-bond acceptors (Lipinski definition) is 4. The highest BCUT2D eigenvalue weighted by atomic mass is 35.5. The van der Waals surface area contributed by atoms with Gasteiger partial charge in [0.2, 0.25) is 0 Å². The van der Waals surface area contributed by atoms with E-state index in [2.05, 4.69) is 0 Å². The fraction of sp³-hybridized carbons (Fsp3) is 0.133. The number of Topliss-reactive ketones (excluding diaryl/α,β-unsaturated/α-hetero) is 1. The molecule has 21 heavy (non-hydrogen) atoms. The second-order valence-electron chi connectivity index (χ2n) is 4.37. The number of ether oxygens (including phenoxy) is 1. The van der Waals surface area contributed by atoms with E-state index in [-0.39, 0.29) is 4.90 Å². The Morgan fingerprint density at radius 2 is 1.86 bits per heavy atom. The monoisotopic (exact) mass is 324 g/mol. The summed E-state index contributed by atoms with van der Waals surface area (Å²) in [5, 5.41) is 0.310. The number of hydrogen-bond donors (Lipinski definition) is 0. The Kier molecular flexibility index (Phi) is 4.65. The van der Waals surface area contributed by atoms with Gasteiger partial charge in [-0.3, -0.25) is 4.79 Å². The first-order valence-electron chi connectivity index (χ1n) is 6.08. The van der Waals surface area contributed by atoms with Crippen LogP contribution < -0.4 is 4.74 Å². The van der Waals surface area contributed by atoms with Gasteiger partial charge >= 0.3 is 0 Å². The van der Waals surface area contributed by atoms with Crippen LogP contribution >= 0.6 is 11.6 Å². The molecule has 2 aromatic rings. The lowest BCUT2D eigenvalue weighted by atomic mass is 10.1. The third-order valence-corrected chi connectivity index (χ3v) is 4.72. The summed E-state index contributed by atoms with van der Waals surface area (Å²) in [5.41, 5.74) is 0.292. The summed E-state index contributed by atoms with van der Waals surface area (Å²) in [5.74, 6) is -0.601. The third kappa shape index (κ3) is 3.83. The summed E-state index contributed by atoms with van der Waals surface area (Å²) in [6.07, 6.45) is 0. The van der Waals surface area contributed by atoms with E-state index in [0.717, 1.165) is 0 Å². The van der Waals surface area contributed by atoms with Gasteiger partial charge in [-0.15, -0.1) is 0 Å². The molecule has 0 saturated heterocycles. The molecule has 4 nitrogen and oxygen atoms in total. The topological polar surface area (TPSA) is 60.4 Å². The summed E-state index contributed by atoms with van der Waals surface area (Å²) in [6.45, 7) is 0. The minimum atomic E-state index is -3.72. The molecule has 6 heteroatoms. The van der Waals surface area contributed by atoms with Crippen molar-refractivity contribution in [3.63, 3.8) is 0 Å². The van der Waals surface area contributed by atoms with Gasteiger partial charge in [-0.05, 0) is 30.3 Å². The predicted octanol–water partition coefficient (Wildman–Crippen LogP) is 3.01. The van der Waals surface area contributed by atoms with Gasteiger partial charge in [0.15, 0.2) is 15.6 Å². The number of carbonyl (C=O) groups is 1. The Bertz CT molecular complexity index is 769. The molecule has 0 radical (unpaired) electrons. The van der Waals surface area contributed by atoms with Crippen molar-refractivity contribution in [3.8, 4) is 5.75 Å². The van der Waals surface area contributed by atoms with E-state index < -0.39 is 21.4 Å². The maximum atomic E-state index is 12.2. The van der Waals surface area contributed by atoms with Gasteiger partial charge in [-0.2, -0.15) is 0 Å². The number of methoxy groups -OCH3 is 1. The summed E-state index contributed by atoms with van der Waals surface area (Å²) in [4.78, 5) is 12.2. The predicted molar refractivity (Wildman–Crippen MR) is 80.8 cm³/mol. The molecule has 0 saturated carbocycles. The minimum absolute atomic E-state index is 0.0336. The van der Waals surface area contributed by atoms with Gasteiger partial charge in [0.1, 0.15) is 11.5 Å². The smallest absolute Gasteiger partial charge is 0.185 e. The van der Waals surface area contributed by atoms with Crippen molar-refractivity contribution in [2.45, 2.75) is 4.90 Å². The largest absolute Gasteiger partial charge is 0.497 e. The number of halogens is 1. The molecule has 0 heterocycles. The summed E-state index contributed by atoms with van der Waals surface area (Å²) in [6, 6.07) is 12.2. The van der Waals surface area contributed by atoms with Crippen molar-refractivity contribution in [1.29, 1.82) is 0 Å². The lowest BCUT2D eigenvalue weighted by Gasteiger charge is -2.06. The third-order valence-electron chi connectivity index (χ3n) is 2.87. The zero-order valence-electron chi connectivity index (χ0n) is 11.2. The first kappa shape index (κ1) is 15.5. The molecule has 2 aromatic carbocycles. The highest BCUT2D eigenvalue weighted by molar-refractivity contribution is 7.92. The molecular weight excluding hydrogens is 312 g/mol. The van der Waals surface area contributed by atoms with Crippen LogP contribution in [0.3, 0.4) is 0 Å². The zero-order chi connectivity index (χ0) is 15.5. The average Bonchev–Trinajstić information content (AvgIpc) is 2.47. The van der Waals surface area contributed by atoms with Crippen molar-refractivity contribution in [1.82, 2.24) is 0 Å². The lowest BCUT2D eigenvalue weighted by molar-refractivity contribution is 0.102. The van der Waals surface area contributed by atoms with E-state index in [0.29, 0.717) is 16.3 Å². The Morgan fingerprint density at radius 3 is 2.52 bits per heavy atom. The Labute approximate surface area is 128 Å². The van der Waals surface area contributed by atoms with Crippen LogP contribution in [0.25, 0.3) is 0 Å². The van der Waals surface area contributed by atoms with Crippen LogP contribution in [0, 0.1) is 0 Å². The molecule has 0 spiro atoms. The molecule has 0 bridgehead atoms. The molecule has 0 aliphatic heterocycles. The standard InChI is InChI=1S/C15H13ClO4S/c1-20-13-6-2-4-11(8-13)15(17)10-21(18,19)14-7-3-5-12(16)9-14/h2-9H,10H2,1H3. The van der Waals surface area contributed by atoms with Gasteiger partial charge < -0.3 is 4.74 Å². The second kappa shape index (κ2) is 6.28. The first-order chi connectivity index (χ1) is 9.92. The van der Waals surface area contributed by atoms with E-state index in [1.807, 2.05) is 0 Å². The summed E-state index contributed by atoms with van der Waals surface area (Å²) >= 11 is 5.78. The molecule has 0 aromatic heterocycles. The number of ketones is 1. The van der Waals surface area contributed by atoms with Crippen LogP contribution in [0.1, 0.15) is 10.4 Å². The van der Waals surface area contributed by atoms with Gasteiger partial charge in [-0.1, -0.05) is 29.8 Å². The first-order valence-corrected chi connectivity index (χ1v) is 8.11. The normalized spacial score (nSPS) is 11.1. The maximum absolute atomic E-state index is 12.2. The molecule has 0 atom stereocenters. The van der Waals surface area contributed by atoms with Crippen LogP contribution in [0.15, 0.2) is 53.4 Å². The van der Waals surface area contributed by atoms with Gasteiger partial charge in [0.25, 0.3) is 0 Å². The molecular formula is C15H13ClO4S. The van der Waals surface area contributed by atoms with Crippen molar-refractivity contribution in [2.75, 3.05) is 12.9 Å². The number of carbonyl (C=O) groups excluding carboxylic acids is 1. The molecule has 2 rings (SSSR count). The van der Waals surface area contributed by atoms with Crippen LogP contribution in [0.4, 0.5) is 0 Å². The fourth-order valence-electron chi connectivity index (χ4n) is 1.80. The molecule has 0 N–H and O–H groups in total. The van der Waals surface area contributed by atoms with Gasteiger partial charge in [0, 0.05) is 10.6 Å². The van der Waals surface area contributed by atoms with Crippen molar-refractivity contribution in [3.05, 3.63) is 59.1 Å². The van der Waals surface area contributed by atoms with E-state index in [1.165, 1.54) is 31.4 Å². The molecule has 0 fully saturated rings. The Balaban J connectivity index is 2.25. The Morgan fingerprint density at radius 1 is 1.14 bits per heavy atom. The van der Waals surface area contributed by atoms with Crippen LogP contribution in [0.5, 0.6) is 5.75 Å². The second-order valence-corrected chi connectivity index (χ2v) is 6.80. The van der Waals surface area contributed by atoms with Crippen LogP contribution in [-0.4, -0.2) is 27.1 Å². The van der Waals surface area contributed by atoms with Crippen LogP contribution in [0.2, 0.25) is 5.02 Å². The number of rotatable bonds is 5. The SMILES string of the molecule is COc1cccc(C(=O)CS(=O)(=O)c2cccc(Cl)c2)c1. The lowest BCUT2D eigenvalue weighted by Crippen LogP contribution is -2.16. The number of sulfone groups is 1. The van der Waals surface area contributed by atoms with Crippen LogP contribution in [-0.2, 0) is 9.84 Å².